The van der Waals surface area contributed by atoms with Crippen LogP contribution in [0.5, 0.6) is 0 Å². The highest BCUT2D eigenvalue weighted by Gasteiger charge is 2.53. The van der Waals surface area contributed by atoms with Gasteiger partial charge in [0, 0.05) is 31.0 Å². The van der Waals surface area contributed by atoms with Crippen LogP contribution in [0.4, 0.5) is 0 Å². The Morgan fingerprint density at radius 3 is 2.50 bits per heavy atom. The molecule has 3 saturated carbocycles. The highest BCUT2D eigenvalue weighted by molar-refractivity contribution is 5.80. The van der Waals surface area contributed by atoms with Gasteiger partial charge in [0.25, 0.3) is 0 Å². The number of hydrogen-bond acceptors (Lipinski definition) is 2. The van der Waals surface area contributed by atoms with E-state index in [1.54, 1.807) is 0 Å². The molecule has 5 atom stereocenters. The summed E-state index contributed by atoms with van der Waals surface area (Å²) in [5.41, 5.74) is 0.0953. The SMILES string of the molecule is CCO[C@@H]1C[C@@H](N(C)C(=O)[C@H]2C[C@H]3CC[C@H]2C3)C1(C)C. The van der Waals surface area contributed by atoms with Crippen LogP contribution in [0.3, 0.4) is 0 Å². The van der Waals surface area contributed by atoms with E-state index in [0.29, 0.717) is 29.9 Å². The molecule has 3 heteroatoms. The van der Waals surface area contributed by atoms with Crippen LogP contribution in [0.15, 0.2) is 0 Å². The van der Waals surface area contributed by atoms with Gasteiger partial charge >= 0.3 is 0 Å². The number of carbonyl (C=O) groups is 1. The summed E-state index contributed by atoms with van der Waals surface area (Å²) in [5, 5.41) is 0. The summed E-state index contributed by atoms with van der Waals surface area (Å²) < 4.78 is 5.79. The highest BCUT2D eigenvalue weighted by atomic mass is 16.5. The summed E-state index contributed by atoms with van der Waals surface area (Å²) in [6.07, 6.45) is 6.41. The van der Waals surface area contributed by atoms with Crippen LogP contribution < -0.4 is 0 Å². The Morgan fingerprint density at radius 1 is 1.25 bits per heavy atom. The van der Waals surface area contributed by atoms with E-state index in [9.17, 15) is 4.79 Å². The Kier molecular flexibility index (Phi) is 3.60. The number of ether oxygens (including phenoxy) is 1. The molecule has 0 aromatic carbocycles. The van der Waals surface area contributed by atoms with Gasteiger partial charge in [-0.2, -0.15) is 0 Å². The lowest BCUT2D eigenvalue weighted by molar-refractivity contribution is -0.167. The first-order valence-corrected chi connectivity index (χ1v) is 8.33. The van der Waals surface area contributed by atoms with Gasteiger partial charge < -0.3 is 9.64 Å². The average Bonchev–Trinajstić information content (AvgIpc) is 3.04. The molecule has 3 rings (SSSR count). The van der Waals surface area contributed by atoms with Crippen molar-refractivity contribution in [2.45, 2.75) is 65.0 Å². The fourth-order valence-corrected chi connectivity index (χ4v) is 4.97. The molecular weight excluding hydrogens is 250 g/mol. The maximum Gasteiger partial charge on any atom is 0.225 e. The van der Waals surface area contributed by atoms with E-state index in [1.165, 1.54) is 19.3 Å². The van der Waals surface area contributed by atoms with Crippen LogP contribution in [-0.4, -0.2) is 36.6 Å². The zero-order valence-electron chi connectivity index (χ0n) is 13.4. The number of carbonyl (C=O) groups excluding carboxylic acids is 1. The predicted molar refractivity (Wildman–Crippen MR) is 79.3 cm³/mol. The van der Waals surface area contributed by atoms with Crippen molar-refractivity contribution in [2.24, 2.45) is 23.2 Å². The minimum Gasteiger partial charge on any atom is -0.378 e. The van der Waals surface area contributed by atoms with Gasteiger partial charge in [0.2, 0.25) is 5.91 Å². The third-order valence-electron chi connectivity index (χ3n) is 6.36. The smallest absolute Gasteiger partial charge is 0.225 e. The zero-order chi connectivity index (χ0) is 14.5. The van der Waals surface area contributed by atoms with Gasteiger partial charge in [0.05, 0.1) is 6.10 Å². The minimum atomic E-state index is 0.0953. The molecule has 0 N–H and O–H groups in total. The molecule has 0 aliphatic heterocycles. The summed E-state index contributed by atoms with van der Waals surface area (Å²) in [6.45, 7) is 7.30. The summed E-state index contributed by atoms with van der Waals surface area (Å²) in [7, 11) is 2.02. The Morgan fingerprint density at radius 2 is 2.00 bits per heavy atom. The van der Waals surface area contributed by atoms with Crippen LogP contribution in [0.25, 0.3) is 0 Å². The van der Waals surface area contributed by atoms with Gasteiger partial charge in [-0.3, -0.25) is 4.79 Å². The monoisotopic (exact) mass is 279 g/mol. The van der Waals surface area contributed by atoms with E-state index in [1.807, 2.05) is 14.0 Å². The molecule has 0 aromatic rings. The summed E-state index contributed by atoms with van der Waals surface area (Å²) in [5.74, 6) is 2.25. The predicted octanol–water partition coefficient (Wildman–Crippen LogP) is 3.08. The van der Waals surface area contributed by atoms with Gasteiger partial charge in [-0.05, 0) is 44.4 Å². The largest absolute Gasteiger partial charge is 0.378 e. The quantitative estimate of drug-likeness (QED) is 0.791. The molecule has 3 nitrogen and oxygen atoms in total. The molecule has 2 bridgehead atoms. The van der Waals surface area contributed by atoms with Crippen LogP contribution >= 0.6 is 0 Å². The van der Waals surface area contributed by atoms with Crippen molar-refractivity contribution >= 4 is 5.91 Å². The molecule has 0 heterocycles. The second kappa shape index (κ2) is 5.01. The summed E-state index contributed by atoms with van der Waals surface area (Å²) in [6, 6.07) is 0.352. The fraction of sp³-hybridized carbons (Fsp3) is 0.941. The molecule has 0 aromatic heterocycles. The summed E-state index contributed by atoms with van der Waals surface area (Å²) in [4.78, 5) is 14.9. The number of amides is 1. The molecule has 3 aliphatic rings. The Bertz CT molecular complexity index is 392. The normalized spacial score (nSPS) is 41.5. The first-order valence-electron chi connectivity index (χ1n) is 8.33. The molecule has 3 fully saturated rings. The van der Waals surface area contributed by atoms with E-state index in [0.717, 1.165) is 25.4 Å². The van der Waals surface area contributed by atoms with Crippen molar-refractivity contribution in [2.75, 3.05) is 13.7 Å². The maximum atomic E-state index is 12.8. The van der Waals surface area contributed by atoms with Crippen molar-refractivity contribution in [3.63, 3.8) is 0 Å². The van der Waals surface area contributed by atoms with Gasteiger partial charge in [0.1, 0.15) is 0 Å². The Balaban J connectivity index is 1.62. The number of rotatable bonds is 4. The molecule has 0 unspecified atom stereocenters. The average molecular weight is 279 g/mol. The van der Waals surface area contributed by atoms with E-state index in [-0.39, 0.29) is 5.41 Å². The standard InChI is InChI=1S/C17H29NO2/c1-5-20-15-10-14(17(15,2)3)18(4)16(19)13-9-11-6-7-12(13)8-11/h11-15H,5-10H2,1-4H3/t11-,12-,13-,14+,15+/m0/s1. The second-order valence-corrected chi connectivity index (χ2v) is 7.75. The van der Waals surface area contributed by atoms with Gasteiger partial charge in [-0.1, -0.05) is 20.3 Å². The van der Waals surface area contributed by atoms with Crippen molar-refractivity contribution in [3.8, 4) is 0 Å². The number of hydrogen-bond donors (Lipinski definition) is 0. The lowest BCUT2D eigenvalue weighted by atomic mass is 9.63. The number of fused-ring (bicyclic) bond motifs is 2. The van der Waals surface area contributed by atoms with E-state index >= 15 is 0 Å². The molecule has 0 radical (unpaired) electrons. The van der Waals surface area contributed by atoms with Crippen LogP contribution in [0, 0.1) is 23.2 Å². The summed E-state index contributed by atoms with van der Waals surface area (Å²) >= 11 is 0. The molecule has 0 saturated heterocycles. The van der Waals surface area contributed by atoms with Crippen LogP contribution in [0.2, 0.25) is 0 Å². The van der Waals surface area contributed by atoms with Crippen LogP contribution in [-0.2, 0) is 9.53 Å². The van der Waals surface area contributed by atoms with E-state index in [4.69, 9.17) is 4.74 Å². The van der Waals surface area contributed by atoms with Crippen molar-refractivity contribution in [3.05, 3.63) is 0 Å². The van der Waals surface area contributed by atoms with Crippen molar-refractivity contribution < 1.29 is 9.53 Å². The lowest BCUT2D eigenvalue weighted by Crippen LogP contribution is -2.63. The molecular formula is C17H29NO2. The molecule has 114 valence electrons. The number of nitrogens with zero attached hydrogens (tertiary/aromatic N) is 1. The maximum absolute atomic E-state index is 12.8. The highest BCUT2D eigenvalue weighted by Crippen LogP contribution is 2.51. The first kappa shape index (κ1) is 14.4. The lowest BCUT2D eigenvalue weighted by Gasteiger charge is -2.55. The topological polar surface area (TPSA) is 29.5 Å². The zero-order valence-corrected chi connectivity index (χ0v) is 13.4. The van der Waals surface area contributed by atoms with Gasteiger partial charge in [0.15, 0.2) is 0 Å². The molecule has 20 heavy (non-hydrogen) atoms. The minimum absolute atomic E-state index is 0.0953. The third kappa shape index (κ3) is 2.09. The Labute approximate surface area is 123 Å². The molecule has 1 amide bonds. The van der Waals surface area contributed by atoms with Gasteiger partial charge in [-0.15, -0.1) is 0 Å². The van der Waals surface area contributed by atoms with Gasteiger partial charge in [-0.25, -0.2) is 0 Å². The van der Waals surface area contributed by atoms with Crippen molar-refractivity contribution in [1.29, 1.82) is 0 Å². The van der Waals surface area contributed by atoms with Crippen LogP contribution in [0.1, 0.15) is 52.9 Å². The van der Waals surface area contributed by atoms with E-state index in [2.05, 4.69) is 18.7 Å². The van der Waals surface area contributed by atoms with Crippen molar-refractivity contribution in [1.82, 2.24) is 4.90 Å². The first-order chi connectivity index (χ1) is 9.45. The second-order valence-electron chi connectivity index (χ2n) is 7.75. The fourth-order valence-electron chi connectivity index (χ4n) is 4.97. The Hall–Kier alpha value is -0.570. The third-order valence-corrected chi connectivity index (χ3v) is 6.36. The molecule has 0 spiro atoms. The molecule has 3 aliphatic carbocycles. The van der Waals surface area contributed by atoms with E-state index < -0.39 is 0 Å².